The number of nitrogens with one attached hydrogen (secondary N) is 1. The second kappa shape index (κ2) is 7.68. The molecule has 1 saturated carbocycles. The van der Waals surface area contributed by atoms with Crippen LogP contribution in [-0.4, -0.2) is 12.6 Å². The van der Waals surface area contributed by atoms with Gasteiger partial charge in [-0.05, 0) is 49.8 Å². The maximum absolute atomic E-state index is 5.63. The maximum atomic E-state index is 5.63. The Morgan fingerprint density at radius 3 is 2.65 bits per heavy atom. The zero-order valence-electron chi connectivity index (χ0n) is 13.2. The van der Waals surface area contributed by atoms with Crippen LogP contribution in [0.25, 0.3) is 0 Å². The van der Waals surface area contributed by atoms with Crippen molar-refractivity contribution in [2.24, 2.45) is 5.92 Å². The van der Waals surface area contributed by atoms with Gasteiger partial charge in [0.1, 0.15) is 5.75 Å². The second-order valence-electron chi connectivity index (χ2n) is 6.27. The maximum Gasteiger partial charge on any atom is 0.119 e. The van der Waals surface area contributed by atoms with Crippen LogP contribution in [0.2, 0.25) is 0 Å². The molecule has 3 unspecified atom stereocenters. The lowest BCUT2D eigenvalue weighted by Crippen LogP contribution is -2.35. The molecule has 1 aliphatic carbocycles. The van der Waals surface area contributed by atoms with E-state index < -0.39 is 0 Å². The van der Waals surface area contributed by atoms with E-state index in [0.717, 1.165) is 24.7 Å². The molecule has 1 aromatic rings. The quantitative estimate of drug-likeness (QED) is 0.812. The summed E-state index contributed by atoms with van der Waals surface area (Å²) >= 11 is 0. The van der Waals surface area contributed by atoms with Crippen LogP contribution in [0.4, 0.5) is 0 Å². The molecule has 0 aromatic heterocycles. The van der Waals surface area contributed by atoms with Gasteiger partial charge in [0.15, 0.2) is 0 Å². The van der Waals surface area contributed by atoms with Gasteiger partial charge in [-0.25, -0.2) is 0 Å². The minimum absolute atomic E-state index is 0.422. The van der Waals surface area contributed by atoms with Crippen molar-refractivity contribution in [1.82, 2.24) is 5.32 Å². The highest BCUT2D eigenvalue weighted by Crippen LogP contribution is 2.26. The Hall–Kier alpha value is -1.02. The van der Waals surface area contributed by atoms with Crippen LogP contribution in [0, 0.1) is 5.92 Å². The number of rotatable bonds is 6. The van der Waals surface area contributed by atoms with E-state index in [1.807, 2.05) is 0 Å². The Morgan fingerprint density at radius 2 is 2.00 bits per heavy atom. The summed E-state index contributed by atoms with van der Waals surface area (Å²) in [6.45, 7) is 7.57. The molecular weight excluding hydrogens is 246 g/mol. The second-order valence-corrected chi connectivity index (χ2v) is 6.27. The van der Waals surface area contributed by atoms with Crippen molar-refractivity contribution < 1.29 is 4.74 Å². The van der Waals surface area contributed by atoms with Crippen molar-refractivity contribution in [2.75, 3.05) is 6.61 Å². The van der Waals surface area contributed by atoms with Crippen LogP contribution in [0.15, 0.2) is 24.3 Å². The average Bonchev–Trinajstić information content (AvgIpc) is 2.45. The van der Waals surface area contributed by atoms with Gasteiger partial charge >= 0.3 is 0 Å². The molecular formula is C18H29NO. The first kappa shape index (κ1) is 15.4. The molecule has 20 heavy (non-hydrogen) atoms. The molecule has 2 heteroatoms. The molecule has 1 N–H and O–H groups in total. The van der Waals surface area contributed by atoms with Crippen LogP contribution in [0.3, 0.4) is 0 Å². The van der Waals surface area contributed by atoms with Gasteiger partial charge in [0.2, 0.25) is 0 Å². The topological polar surface area (TPSA) is 21.3 Å². The summed E-state index contributed by atoms with van der Waals surface area (Å²) in [5.41, 5.74) is 1.35. The molecule has 0 aliphatic heterocycles. The predicted molar refractivity (Wildman–Crippen MR) is 85.2 cm³/mol. The smallest absolute Gasteiger partial charge is 0.119 e. The molecule has 1 aliphatic rings. The fraction of sp³-hybridized carbons (Fsp3) is 0.667. The fourth-order valence-corrected chi connectivity index (χ4v) is 3.11. The molecule has 0 amide bonds. The summed E-state index contributed by atoms with van der Waals surface area (Å²) in [6, 6.07) is 9.67. The summed E-state index contributed by atoms with van der Waals surface area (Å²) in [4.78, 5) is 0. The Bertz CT molecular complexity index is 387. The van der Waals surface area contributed by atoms with Crippen LogP contribution < -0.4 is 10.1 Å². The van der Waals surface area contributed by atoms with E-state index >= 15 is 0 Å². The average molecular weight is 275 g/mol. The number of hydrogen-bond donors (Lipinski definition) is 1. The third-order valence-electron chi connectivity index (χ3n) is 4.28. The van der Waals surface area contributed by atoms with Gasteiger partial charge in [0.25, 0.3) is 0 Å². The third kappa shape index (κ3) is 4.52. The van der Waals surface area contributed by atoms with Crippen LogP contribution in [0.1, 0.15) is 64.5 Å². The normalized spacial score (nSPS) is 24.4. The van der Waals surface area contributed by atoms with E-state index in [1.54, 1.807) is 0 Å². The molecule has 2 nitrogen and oxygen atoms in total. The predicted octanol–water partition coefficient (Wildman–Crippen LogP) is 4.70. The molecule has 2 rings (SSSR count). The Labute approximate surface area is 123 Å². The molecule has 1 fully saturated rings. The zero-order chi connectivity index (χ0) is 14.4. The third-order valence-corrected chi connectivity index (χ3v) is 4.28. The lowest BCUT2D eigenvalue weighted by atomic mass is 9.86. The van der Waals surface area contributed by atoms with E-state index in [-0.39, 0.29) is 0 Å². The summed E-state index contributed by atoms with van der Waals surface area (Å²) < 4.78 is 5.63. The van der Waals surface area contributed by atoms with Crippen molar-refractivity contribution >= 4 is 0 Å². The zero-order valence-corrected chi connectivity index (χ0v) is 13.2. The number of ether oxygens (including phenoxy) is 1. The highest BCUT2D eigenvalue weighted by molar-refractivity contribution is 5.29. The molecule has 3 atom stereocenters. The molecule has 0 saturated heterocycles. The van der Waals surface area contributed by atoms with Gasteiger partial charge in [-0.3, -0.25) is 0 Å². The van der Waals surface area contributed by atoms with Crippen molar-refractivity contribution in [3.8, 4) is 5.75 Å². The summed E-state index contributed by atoms with van der Waals surface area (Å²) in [6.07, 6.45) is 6.47. The highest BCUT2D eigenvalue weighted by atomic mass is 16.5. The van der Waals surface area contributed by atoms with Crippen LogP contribution >= 0.6 is 0 Å². The monoisotopic (exact) mass is 275 g/mol. The SMILES string of the molecule is CCCOc1ccc(C(C)NC2CCCC(C)C2)cc1. The molecule has 1 aromatic carbocycles. The van der Waals surface area contributed by atoms with Gasteiger partial charge in [-0.2, -0.15) is 0 Å². The van der Waals surface area contributed by atoms with Gasteiger partial charge in [0, 0.05) is 12.1 Å². The highest BCUT2D eigenvalue weighted by Gasteiger charge is 2.20. The Kier molecular flexibility index (Phi) is 5.90. The first-order chi connectivity index (χ1) is 9.69. The molecule has 0 spiro atoms. The summed E-state index contributed by atoms with van der Waals surface area (Å²) in [7, 11) is 0. The van der Waals surface area contributed by atoms with E-state index in [4.69, 9.17) is 4.74 Å². The standard InChI is InChI=1S/C18H29NO/c1-4-12-20-18-10-8-16(9-11-18)15(3)19-17-7-5-6-14(2)13-17/h8-11,14-15,17,19H,4-7,12-13H2,1-3H3. The summed E-state index contributed by atoms with van der Waals surface area (Å²) in [5.74, 6) is 1.85. The Morgan fingerprint density at radius 1 is 1.25 bits per heavy atom. The summed E-state index contributed by atoms with van der Waals surface area (Å²) in [5, 5.41) is 3.79. The lowest BCUT2D eigenvalue weighted by molar-refractivity contribution is 0.285. The first-order valence-corrected chi connectivity index (χ1v) is 8.17. The van der Waals surface area contributed by atoms with Gasteiger partial charge in [-0.1, -0.05) is 38.8 Å². The van der Waals surface area contributed by atoms with E-state index in [1.165, 1.54) is 31.2 Å². The minimum atomic E-state index is 0.422. The number of hydrogen-bond acceptors (Lipinski definition) is 2. The first-order valence-electron chi connectivity index (χ1n) is 8.17. The van der Waals surface area contributed by atoms with Crippen LogP contribution in [-0.2, 0) is 0 Å². The fourth-order valence-electron chi connectivity index (χ4n) is 3.11. The van der Waals surface area contributed by atoms with Crippen LogP contribution in [0.5, 0.6) is 5.75 Å². The lowest BCUT2D eigenvalue weighted by Gasteiger charge is -2.30. The van der Waals surface area contributed by atoms with Crippen molar-refractivity contribution in [3.05, 3.63) is 29.8 Å². The molecule has 0 bridgehead atoms. The van der Waals surface area contributed by atoms with Gasteiger partial charge < -0.3 is 10.1 Å². The number of benzene rings is 1. The molecule has 112 valence electrons. The van der Waals surface area contributed by atoms with E-state index in [0.29, 0.717) is 12.1 Å². The van der Waals surface area contributed by atoms with Crippen molar-refractivity contribution in [1.29, 1.82) is 0 Å². The van der Waals surface area contributed by atoms with Gasteiger partial charge in [-0.15, -0.1) is 0 Å². The largest absolute Gasteiger partial charge is 0.494 e. The van der Waals surface area contributed by atoms with E-state index in [9.17, 15) is 0 Å². The minimum Gasteiger partial charge on any atom is -0.494 e. The van der Waals surface area contributed by atoms with E-state index in [2.05, 4.69) is 50.4 Å². The van der Waals surface area contributed by atoms with Crippen molar-refractivity contribution in [3.63, 3.8) is 0 Å². The Balaban J connectivity index is 1.86. The molecule has 0 heterocycles. The van der Waals surface area contributed by atoms with Crippen molar-refractivity contribution in [2.45, 2.75) is 65.0 Å². The van der Waals surface area contributed by atoms with Gasteiger partial charge in [0.05, 0.1) is 6.61 Å². The molecule has 0 radical (unpaired) electrons.